The van der Waals surface area contributed by atoms with Crippen LogP contribution in [0.1, 0.15) is 33.1 Å². The maximum atomic E-state index is 11.7. The average molecular weight is 212 g/mol. The lowest BCUT2D eigenvalue weighted by Crippen LogP contribution is -2.30. The van der Waals surface area contributed by atoms with Gasteiger partial charge in [0.15, 0.2) is 0 Å². The van der Waals surface area contributed by atoms with Gasteiger partial charge in [-0.15, -0.1) is 0 Å². The van der Waals surface area contributed by atoms with Crippen molar-refractivity contribution in [2.75, 3.05) is 26.7 Å². The number of amides is 1. The number of hydrogen-bond acceptors (Lipinski definition) is 2. The van der Waals surface area contributed by atoms with Crippen LogP contribution in [-0.2, 0) is 4.79 Å². The summed E-state index contributed by atoms with van der Waals surface area (Å²) in [7, 11) is 1.91. The van der Waals surface area contributed by atoms with Crippen LogP contribution in [0.15, 0.2) is 0 Å². The standard InChI is InChI=1S/C12H24N2O/c1-10(2)9-14(3)12(15)5-4-11-6-7-13-8-11/h10-11,13H,4-9H2,1-3H3. The Morgan fingerprint density at radius 2 is 2.27 bits per heavy atom. The van der Waals surface area contributed by atoms with Gasteiger partial charge in [0, 0.05) is 20.0 Å². The molecule has 1 fully saturated rings. The van der Waals surface area contributed by atoms with Gasteiger partial charge in [-0.05, 0) is 37.8 Å². The summed E-state index contributed by atoms with van der Waals surface area (Å²) in [6, 6.07) is 0. The molecule has 3 heteroatoms. The van der Waals surface area contributed by atoms with Crippen molar-refractivity contribution in [2.45, 2.75) is 33.1 Å². The highest BCUT2D eigenvalue weighted by Gasteiger charge is 2.17. The Hall–Kier alpha value is -0.570. The van der Waals surface area contributed by atoms with Crippen molar-refractivity contribution in [1.82, 2.24) is 10.2 Å². The molecule has 1 heterocycles. The molecular weight excluding hydrogens is 188 g/mol. The van der Waals surface area contributed by atoms with Crippen LogP contribution in [0.2, 0.25) is 0 Å². The topological polar surface area (TPSA) is 32.3 Å². The Balaban J connectivity index is 2.16. The van der Waals surface area contributed by atoms with E-state index in [0.29, 0.717) is 11.8 Å². The molecule has 1 amide bonds. The number of carbonyl (C=O) groups is 1. The van der Waals surface area contributed by atoms with Crippen LogP contribution in [0.25, 0.3) is 0 Å². The van der Waals surface area contributed by atoms with Crippen LogP contribution in [0, 0.1) is 11.8 Å². The monoisotopic (exact) mass is 212 g/mol. The first-order valence-corrected chi connectivity index (χ1v) is 6.04. The summed E-state index contributed by atoms with van der Waals surface area (Å²) in [5, 5.41) is 3.33. The number of nitrogens with zero attached hydrogens (tertiary/aromatic N) is 1. The number of carbonyl (C=O) groups excluding carboxylic acids is 1. The summed E-state index contributed by atoms with van der Waals surface area (Å²) < 4.78 is 0. The maximum absolute atomic E-state index is 11.7. The predicted molar refractivity (Wildman–Crippen MR) is 62.7 cm³/mol. The van der Waals surface area contributed by atoms with E-state index in [1.54, 1.807) is 0 Å². The highest BCUT2D eigenvalue weighted by Crippen LogP contribution is 2.15. The molecule has 15 heavy (non-hydrogen) atoms. The minimum absolute atomic E-state index is 0.301. The number of rotatable bonds is 5. The summed E-state index contributed by atoms with van der Waals surface area (Å²) in [5.41, 5.74) is 0. The van der Waals surface area contributed by atoms with Crippen LogP contribution in [-0.4, -0.2) is 37.5 Å². The van der Waals surface area contributed by atoms with Crippen molar-refractivity contribution >= 4 is 5.91 Å². The van der Waals surface area contributed by atoms with E-state index in [1.165, 1.54) is 6.42 Å². The molecule has 0 aromatic heterocycles. The van der Waals surface area contributed by atoms with E-state index in [0.717, 1.165) is 38.4 Å². The normalized spacial score (nSPS) is 20.9. The van der Waals surface area contributed by atoms with Gasteiger partial charge in [0.05, 0.1) is 0 Å². The Labute approximate surface area is 93.2 Å². The highest BCUT2D eigenvalue weighted by atomic mass is 16.2. The number of nitrogens with one attached hydrogen (secondary N) is 1. The SMILES string of the molecule is CC(C)CN(C)C(=O)CCC1CCNC1. The van der Waals surface area contributed by atoms with Gasteiger partial charge in [0.2, 0.25) is 5.91 Å². The third-order valence-corrected chi connectivity index (χ3v) is 2.99. The summed E-state index contributed by atoms with van der Waals surface area (Å²) in [5.74, 6) is 1.59. The lowest BCUT2D eigenvalue weighted by atomic mass is 10.0. The van der Waals surface area contributed by atoms with Gasteiger partial charge in [-0.1, -0.05) is 13.8 Å². The van der Waals surface area contributed by atoms with E-state index >= 15 is 0 Å². The highest BCUT2D eigenvalue weighted by molar-refractivity contribution is 5.75. The Bertz CT molecular complexity index is 198. The molecule has 0 spiro atoms. The maximum Gasteiger partial charge on any atom is 0.222 e. The predicted octanol–water partition coefficient (Wildman–Crippen LogP) is 1.49. The Morgan fingerprint density at radius 3 is 2.80 bits per heavy atom. The molecule has 88 valence electrons. The van der Waals surface area contributed by atoms with Gasteiger partial charge in [0.25, 0.3) is 0 Å². The first-order chi connectivity index (χ1) is 7.09. The minimum atomic E-state index is 0.301. The molecule has 1 aliphatic heterocycles. The van der Waals surface area contributed by atoms with Crippen LogP contribution >= 0.6 is 0 Å². The van der Waals surface area contributed by atoms with E-state index < -0.39 is 0 Å². The van der Waals surface area contributed by atoms with Gasteiger partial charge in [-0.3, -0.25) is 4.79 Å². The van der Waals surface area contributed by atoms with E-state index in [2.05, 4.69) is 19.2 Å². The van der Waals surface area contributed by atoms with Crippen LogP contribution in [0.4, 0.5) is 0 Å². The van der Waals surface area contributed by atoms with Crippen molar-refractivity contribution in [2.24, 2.45) is 11.8 Å². The molecule has 1 saturated heterocycles. The summed E-state index contributed by atoms with van der Waals surface area (Å²) in [6.07, 6.45) is 3.00. The van der Waals surface area contributed by atoms with E-state index in [-0.39, 0.29) is 0 Å². The van der Waals surface area contributed by atoms with E-state index in [9.17, 15) is 4.79 Å². The summed E-state index contributed by atoms with van der Waals surface area (Å²) in [4.78, 5) is 13.6. The second kappa shape index (κ2) is 6.11. The molecule has 0 aliphatic carbocycles. The van der Waals surface area contributed by atoms with Crippen LogP contribution < -0.4 is 5.32 Å². The number of hydrogen-bond donors (Lipinski definition) is 1. The van der Waals surface area contributed by atoms with E-state index in [1.807, 2.05) is 11.9 Å². The molecule has 0 aromatic rings. The Kier molecular flexibility index (Phi) is 5.09. The van der Waals surface area contributed by atoms with Crippen molar-refractivity contribution < 1.29 is 4.79 Å². The second-order valence-electron chi connectivity index (χ2n) is 5.07. The zero-order valence-electron chi connectivity index (χ0n) is 10.3. The molecule has 0 saturated carbocycles. The van der Waals surface area contributed by atoms with Crippen molar-refractivity contribution in [3.63, 3.8) is 0 Å². The molecule has 3 nitrogen and oxygen atoms in total. The molecule has 1 rings (SSSR count). The van der Waals surface area contributed by atoms with Gasteiger partial charge in [-0.25, -0.2) is 0 Å². The minimum Gasteiger partial charge on any atom is -0.346 e. The largest absolute Gasteiger partial charge is 0.346 e. The zero-order valence-corrected chi connectivity index (χ0v) is 10.3. The summed E-state index contributed by atoms with van der Waals surface area (Å²) in [6.45, 7) is 7.39. The third-order valence-electron chi connectivity index (χ3n) is 2.99. The van der Waals surface area contributed by atoms with E-state index in [4.69, 9.17) is 0 Å². The van der Waals surface area contributed by atoms with Crippen LogP contribution in [0.5, 0.6) is 0 Å². The molecule has 1 unspecified atom stereocenters. The molecular formula is C12H24N2O. The molecule has 1 aliphatic rings. The van der Waals surface area contributed by atoms with Crippen LogP contribution in [0.3, 0.4) is 0 Å². The molecule has 1 N–H and O–H groups in total. The molecule has 1 atom stereocenters. The zero-order chi connectivity index (χ0) is 11.3. The van der Waals surface area contributed by atoms with Gasteiger partial charge in [-0.2, -0.15) is 0 Å². The molecule has 0 aromatic carbocycles. The average Bonchev–Trinajstić information content (AvgIpc) is 2.65. The lowest BCUT2D eigenvalue weighted by Gasteiger charge is -2.20. The second-order valence-corrected chi connectivity index (χ2v) is 5.07. The lowest BCUT2D eigenvalue weighted by molar-refractivity contribution is -0.130. The molecule has 0 bridgehead atoms. The fourth-order valence-electron chi connectivity index (χ4n) is 2.13. The van der Waals surface area contributed by atoms with Gasteiger partial charge in [0.1, 0.15) is 0 Å². The first kappa shape index (κ1) is 12.5. The smallest absolute Gasteiger partial charge is 0.222 e. The molecule has 0 radical (unpaired) electrons. The fraction of sp³-hybridized carbons (Fsp3) is 0.917. The Morgan fingerprint density at radius 1 is 1.53 bits per heavy atom. The van der Waals surface area contributed by atoms with Crippen molar-refractivity contribution in [3.05, 3.63) is 0 Å². The quantitative estimate of drug-likeness (QED) is 0.749. The fourth-order valence-corrected chi connectivity index (χ4v) is 2.13. The third kappa shape index (κ3) is 4.65. The van der Waals surface area contributed by atoms with Gasteiger partial charge >= 0.3 is 0 Å². The van der Waals surface area contributed by atoms with Crippen molar-refractivity contribution in [1.29, 1.82) is 0 Å². The van der Waals surface area contributed by atoms with Crippen molar-refractivity contribution in [3.8, 4) is 0 Å². The summed E-state index contributed by atoms with van der Waals surface area (Å²) >= 11 is 0. The first-order valence-electron chi connectivity index (χ1n) is 6.04. The van der Waals surface area contributed by atoms with Gasteiger partial charge < -0.3 is 10.2 Å².